The molecule has 0 spiro atoms. The van der Waals surface area contributed by atoms with E-state index in [4.69, 9.17) is 14.2 Å². The van der Waals surface area contributed by atoms with Crippen LogP contribution >= 0.6 is 0 Å². The van der Waals surface area contributed by atoms with Crippen LogP contribution in [0, 0.1) is 0 Å². The highest BCUT2D eigenvalue weighted by Crippen LogP contribution is 2.16. The minimum absolute atomic E-state index is 0.0807. The van der Waals surface area contributed by atoms with Gasteiger partial charge in [-0.2, -0.15) is 0 Å². The van der Waals surface area contributed by atoms with E-state index >= 15 is 0 Å². The van der Waals surface area contributed by atoms with Gasteiger partial charge in [-0.3, -0.25) is 14.4 Å². The Kier molecular flexibility index (Phi) is 57.3. The van der Waals surface area contributed by atoms with Crippen molar-refractivity contribution in [3.05, 3.63) is 85.1 Å². The topological polar surface area (TPSA) is 78.9 Å². The van der Waals surface area contributed by atoms with Crippen molar-refractivity contribution in [3.8, 4) is 0 Å². The van der Waals surface area contributed by atoms with E-state index in [1.807, 2.05) is 0 Å². The number of rotatable bonds is 55. The fourth-order valence-electron chi connectivity index (χ4n) is 8.56. The van der Waals surface area contributed by atoms with Crippen LogP contribution in [-0.4, -0.2) is 37.2 Å². The Labute approximate surface area is 445 Å². The van der Waals surface area contributed by atoms with Crippen molar-refractivity contribution in [1.82, 2.24) is 0 Å². The van der Waals surface area contributed by atoms with Crippen molar-refractivity contribution in [2.75, 3.05) is 13.2 Å². The number of esters is 3. The van der Waals surface area contributed by atoms with Gasteiger partial charge in [-0.15, -0.1) is 0 Å². The summed E-state index contributed by atoms with van der Waals surface area (Å²) in [5.41, 5.74) is 0. The summed E-state index contributed by atoms with van der Waals surface area (Å²) in [5.74, 6) is -0.888. The number of allylic oxidation sites excluding steroid dienone is 14. The zero-order valence-corrected chi connectivity index (χ0v) is 47.4. The molecule has 0 aromatic heterocycles. The van der Waals surface area contributed by atoms with Crippen LogP contribution in [0.2, 0.25) is 0 Å². The van der Waals surface area contributed by atoms with Gasteiger partial charge in [0.1, 0.15) is 13.2 Å². The van der Waals surface area contributed by atoms with Gasteiger partial charge in [0.15, 0.2) is 6.10 Å². The Bertz CT molecular complexity index is 1380. The fraction of sp³-hybridized carbons (Fsp3) is 0.742. The van der Waals surface area contributed by atoms with Gasteiger partial charge in [-0.05, 0) is 96.3 Å². The van der Waals surface area contributed by atoms with Crippen LogP contribution < -0.4 is 0 Å². The van der Waals surface area contributed by atoms with Gasteiger partial charge in [0.05, 0.1) is 0 Å². The van der Waals surface area contributed by atoms with Crippen LogP contribution in [0.15, 0.2) is 85.1 Å². The number of ether oxygens (including phenoxy) is 3. The summed E-state index contributed by atoms with van der Waals surface area (Å²) >= 11 is 0. The van der Waals surface area contributed by atoms with Crippen molar-refractivity contribution in [3.63, 3.8) is 0 Å². The molecular weight excluding hydrogens is 889 g/mol. The summed E-state index contributed by atoms with van der Waals surface area (Å²) in [7, 11) is 0. The van der Waals surface area contributed by atoms with Crippen LogP contribution in [-0.2, 0) is 28.6 Å². The normalized spacial score (nSPS) is 12.7. The molecule has 1 unspecified atom stereocenters. The van der Waals surface area contributed by atoms with Gasteiger partial charge in [0.25, 0.3) is 0 Å². The molecule has 6 nitrogen and oxygen atoms in total. The SMILES string of the molecule is CC/C=C\C/C=C\C/C=C\C/C=C\CCCCCCCCCCCCC(=O)OCC(COC(=O)CCCCCCCCCCCCCC)OC(=O)CCCCCCCC/C=C\C/C=C\C/C=C\CCCCC. The van der Waals surface area contributed by atoms with Crippen LogP contribution in [0.5, 0.6) is 0 Å². The lowest BCUT2D eigenvalue weighted by molar-refractivity contribution is -0.167. The van der Waals surface area contributed by atoms with E-state index in [2.05, 4.69) is 106 Å². The Morgan fingerprint density at radius 2 is 0.542 bits per heavy atom. The monoisotopic (exact) mass is 1000 g/mol. The molecule has 1 atom stereocenters. The van der Waals surface area contributed by atoms with Gasteiger partial charge in [-0.1, -0.05) is 266 Å². The van der Waals surface area contributed by atoms with Crippen LogP contribution in [0.3, 0.4) is 0 Å². The molecule has 0 radical (unpaired) electrons. The van der Waals surface area contributed by atoms with Gasteiger partial charge < -0.3 is 14.2 Å². The fourth-order valence-corrected chi connectivity index (χ4v) is 8.56. The molecule has 0 rings (SSSR count). The average Bonchev–Trinajstić information content (AvgIpc) is 3.38. The zero-order chi connectivity index (χ0) is 52.2. The molecule has 0 N–H and O–H groups in total. The first-order chi connectivity index (χ1) is 35.5. The lowest BCUT2D eigenvalue weighted by Crippen LogP contribution is -2.30. The number of hydrogen-bond acceptors (Lipinski definition) is 6. The highest BCUT2D eigenvalue weighted by molar-refractivity contribution is 5.71. The first-order valence-electron chi connectivity index (χ1n) is 30.6. The molecule has 0 amide bonds. The minimum Gasteiger partial charge on any atom is -0.462 e. The van der Waals surface area contributed by atoms with Crippen LogP contribution in [0.4, 0.5) is 0 Å². The smallest absolute Gasteiger partial charge is 0.306 e. The summed E-state index contributed by atoms with van der Waals surface area (Å²) in [6.45, 7) is 6.51. The van der Waals surface area contributed by atoms with Gasteiger partial charge in [-0.25, -0.2) is 0 Å². The van der Waals surface area contributed by atoms with E-state index in [1.54, 1.807) is 0 Å². The third-order valence-electron chi connectivity index (χ3n) is 13.1. The predicted octanol–water partition coefficient (Wildman–Crippen LogP) is 20.7. The lowest BCUT2D eigenvalue weighted by Gasteiger charge is -2.18. The van der Waals surface area contributed by atoms with Crippen molar-refractivity contribution < 1.29 is 28.6 Å². The predicted molar refractivity (Wildman–Crippen MR) is 311 cm³/mol. The molecular formula is C66H114O6. The third-order valence-corrected chi connectivity index (χ3v) is 13.1. The second kappa shape index (κ2) is 60.1. The van der Waals surface area contributed by atoms with Gasteiger partial charge >= 0.3 is 17.9 Å². The standard InChI is InChI=1S/C66H114O6/c1-4-7-10-13-16-19-22-25-27-29-31-32-33-34-36-37-39-41-44-47-50-53-56-59-65(68)71-62-63(61-70-64(67)58-55-52-49-46-43-24-21-18-15-12-9-6-3)72-66(69)60-57-54-51-48-45-42-40-38-35-30-28-26-23-20-17-14-11-8-5-2/h7,10,16-17,19-20,25-28,31-32,35,38,63H,4-6,8-9,11-15,18,21-24,29-30,33-34,36-37,39-62H2,1-3H3/b10-7-,19-16-,20-17-,27-25-,28-26-,32-31-,38-35-. The molecule has 0 heterocycles. The number of hydrogen-bond donors (Lipinski definition) is 0. The molecule has 0 bridgehead atoms. The molecule has 0 fully saturated rings. The van der Waals surface area contributed by atoms with E-state index in [1.165, 1.54) is 148 Å². The van der Waals surface area contributed by atoms with Crippen LogP contribution in [0.1, 0.15) is 297 Å². The van der Waals surface area contributed by atoms with E-state index in [0.29, 0.717) is 19.3 Å². The molecule has 0 aliphatic carbocycles. The first kappa shape index (κ1) is 68.6. The van der Waals surface area contributed by atoms with E-state index in [0.717, 1.165) is 109 Å². The Morgan fingerprint density at radius 1 is 0.292 bits per heavy atom. The van der Waals surface area contributed by atoms with Crippen molar-refractivity contribution in [2.45, 2.75) is 303 Å². The summed E-state index contributed by atoms with van der Waals surface area (Å²) < 4.78 is 16.9. The molecule has 0 aliphatic rings. The summed E-state index contributed by atoms with van der Waals surface area (Å²) in [6, 6.07) is 0. The molecule has 0 saturated carbocycles. The number of carbonyl (C=O) groups excluding carboxylic acids is 3. The Hall–Kier alpha value is -3.41. The molecule has 0 aromatic carbocycles. The van der Waals surface area contributed by atoms with Crippen molar-refractivity contribution in [2.24, 2.45) is 0 Å². The molecule has 6 heteroatoms. The largest absolute Gasteiger partial charge is 0.462 e. The van der Waals surface area contributed by atoms with Crippen molar-refractivity contribution in [1.29, 1.82) is 0 Å². The molecule has 414 valence electrons. The molecule has 0 aliphatic heterocycles. The lowest BCUT2D eigenvalue weighted by atomic mass is 10.0. The molecule has 72 heavy (non-hydrogen) atoms. The van der Waals surface area contributed by atoms with E-state index in [9.17, 15) is 14.4 Å². The second-order valence-corrected chi connectivity index (χ2v) is 20.2. The summed E-state index contributed by atoms with van der Waals surface area (Å²) in [4.78, 5) is 38.2. The van der Waals surface area contributed by atoms with Gasteiger partial charge in [0, 0.05) is 19.3 Å². The maximum atomic E-state index is 12.9. The Balaban J connectivity index is 4.34. The average molecular weight is 1000 g/mol. The van der Waals surface area contributed by atoms with Crippen LogP contribution in [0.25, 0.3) is 0 Å². The zero-order valence-electron chi connectivity index (χ0n) is 47.4. The third kappa shape index (κ3) is 57.5. The number of carbonyl (C=O) groups is 3. The van der Waals surface area contributed by atoms with E-state index < -0.39 is 6.10 Å². The number of unbranched alkanes of at least 4 members (excludes halogenated alkanes) is 30. The maximum Gasteiger partial charge on any atom is 0.306 e. The van der Waals surface area contributed by atoms with Crippen molar-refractivity contribution >= 4 is 17.9 Å². The highest BCUT2D eigenvalue weighted by Gasteiger charge is 2.19. The van der Waals surface area contributed by atoms with E-state index in [-0.39, 0.29) is 31.1 Å². The maximum absolute atomic E-state index is 12.9. The second-order valence-electron chi connectivity index (χ2n) is 20.2. The summed E-state index contributed by atoms with van der Waals surface area (Å²) in [5, 5.41) is 0. The minimum atomic E-state index is -0.784. The Morgan fingerprint density at radius 3 is 0.875 bits per heavy atom. The molecule has 0 aromatic rings. The van der Waals surface area contributed by atoms with Gasteiger partial charge in [0.2, 0.25) is 0 Å². The quantitative estimate of drug-likeness (QED) is 0.0261. The first-order valence-corrected chi connectivity index (χ1v) is 30.6. The molecule has 0 saturated heterocycles. The highest BCUT2D eigenvalue weighted by atomic mass is 16.6. The summed E-state index contributed by atoms with van der Waals surface area (Å²) in [6.07, 6.45) is 78.6.